The van der Waals surface area contributed by atoms with Gasteiger partial charge in [-0.3, -0.25) is 0 Å². The Morgan fingerprint density at radius 2 is 2.06 bits per heavy atom. The van der Waals surface area contributed by atoms with Crippen LogP contribution in [-0.2, 0) is 0 Å². The van der Waals surface area contributed by atoms with Gasteiger partial charge in [0, 0.05) is 12.6 Å². The summed E-state index contributed by atoms with van der Waals surface area (Å²) in [7, 11) is 0. The Bertz CT molecular complexity index is 296. The van der Waals surface area contributed by atoms with Gasteiger partial charge in [0.1, 0.15) is 17.3 Å². The number of unbranched alkanes of at least 4 members (excludes halogenated alkanes) is 3. The van der Waals surface area contributed by atoms with Gasteiger partial charge in [-0.1, -0.05) is 24.4 Å². The largest absolute Gasteiger partial charge is 0.370 e. The lowest BCUT2D eigenvalue weighted by molar-refractivity contribution is 0.688. The molecule has 3 nitrogen and oxygen atoms in total. The Labute approximate surface area is 106 Å². The van der Waals surface area contributed by atoms with Crippen molar-refractivity contribution in [2.24, 2.45) is 0 Å². The van der Waals surface area contributed by atoms with Gasteiger partial charge < -0.3 is 5.32 Å². The summed E-state index contributed by atoms with van der Waals surface area (Å²) in [5.41, 5.74) is 0. The average Bonchev–Trinajstić information content (AvgIpc) is 2.28. The number of hydrogen-bond acceptors (Lipinski definition) is 4. The smallest absolute Gasteiger partial charge is 0.134 e. The third-order valence-electron chi connectivity index (χ3n) is 2.22. The molecular weight excluding hydrogens is 242 g/mol. The van der Waals surface area contributed by atoms with Crippen molar-refractivity contribution in [1.29, 1.82) is 0 Å². The van der Waals surface area contributed by atoms with E-state index in [1.165, 1.54) is 37.8 Å². The van der Waals surface area contributed by atoms with Crippen LogP contribution in [0.4, 0.5) is 5.82 Å². The molecule has 0 bridgehead atoms. The van der Waals surface area contributed by atoms with E-state index in [2.05, 4.69) is 21.5 Å². The van der Waals surface area contributed by atoms with E-state index in [4.69, 9.17) is 11.6 Å². The highest BCUT2D eigenvalue weighted by molar-refractivity contribution is 7.98. The van der Waals surface area contributed by atoms with E-state index in [-0.39, 0.29) is 0 Å². The number of thioether (sulfide) groups is 1. The highest BCUT2D eigenvalue weighted by Crippen LogP contribution is 2.09. The molecule has 0 aliphatic carbocycles. The van der Waals surface area contributed by atoms with Crippen LogP contribution in [0.25, 0.3) is 0 Å². The lowest BCUT2D eigenvalue weighted by atomic mass is 10.2. The van der Waals surface area contributed by atoms with Gasteiger partial charge in [-0.25, -0.2) is 9.97 Å². The standard InChI is InChI=1S/C11H18ClN3S/c1-16-7-5-3-2-4-6-13-11-8-10(12)14-9-15-11/h8-9H,2-7H2,1H3,(H,13,14,15). The van der Waals surface area contributed by atoms with Crippen molar-refractivity contribution in [3.05, 3.63) is 17.5 Å². The van der Waals surface area contributed by atoms with Crippen LogP contribution in [0.15, 0.2) is 12.4 Å². The first-order valence-corrected chi connectivity index (χ1v) is 7.30. The molecule has 90 valence electrons. The van der Waals surface area contributed by atoms with Crippen LogP contribution in [0.1, 0.15) is 25.7 Å². The molecule has 0 radical (unpaired) electrons. The molecule has 5 heteroatoms. The first-order valence-electron chi connectivity index (χ1n) is 5.53. The Balaban J connectivity index is 2.03. The highest BCUT2D eigenvalue weighted by atomic mass is 35.5. The van der Waals surface area contributed by atoms with E-state index in [9.17, 15) is 0 Å². The lowest BCUT2D eigenvalue weighted by Crippen LogP contribution is -2.03. The molecule has 1 N–H and O–H groups in total. The summed E-state index contributed by atoms with van der Waals surface area (Å²) in [6.45, 7) is 0.951. The number of nitrogens with one attached hydrogen (secondary N) is 1. The van der Waals surface area contributed by atoms with E-state index in [1.54, 1.807) is 6.07 Å². The number of aromatic nitrogens is 2. The molecule has 0 fully saturated rings. The summed E-state index contributed by atoms with van der Waals surface area (Å²) in [6, 6.07) is 1.75. The quantitative estimate of drug-likeness (QED) is 0.573. The zero-order valence-corrected chi connectivity index (χ0v) is 11.2. The summed E-state index contributed by atoms with van der Waals surface area (Å²) >= 11 is 7.67. The second kappa shape index (κ2) is 8.65. The molecule has 16 heavy (non-hydrogen) atoms. The van der Waals surface area contributed by atoms with Crippen LogP contribution in [-0.4, -0.2) is 28.5 Å². The summed E-state index contributed by atoms with van der Waals surface area (Å²) in [5.74, 6) is 2.08. The molecule has 1 aromatic heterocycles. The number of anilines is 1. The third kappa shape index (κ3) is 6.18. The van der Waals surface area contributed by atoms with E-state index >= 15 is 0 Å². The predicted molar refractivity (Wildman–Crippen MR) is 72.4 cm³/mol. The van der Waals surface area contributed by atoms with E-state index in [0.29, 0.717) is 5.15 Å². The number of nitrogens with zero attached hydrogens (tertiary/aromatic N) is 2. The predicted octanol–water partition coefficient (Wildman–Crippen LogP) is 3.47. The maximum atomic E-state index is 5.75. The van der Waals surface area contributed by atoms with Crippen molar-refractivity contribution in [1.82, 2.24) is 9.97 Å². The van der Waals surface area contributed by atoms with Gasteiger partial charge in [0.2, 0.25) is 0 Å². The minimum absolute atomic E-state index is 0.484. The van der Waals surface area contributed by atoms with Crippen molar-refractivity contribution in [3.8, 4) is 0 Å². The third-order valence-corrected chi connectivity index (χ3v) is 3.12. The summed E-state index contributed by atoms with van der Waals surface area (Å²) in [5, 5.41) is 3.72. The average molecular weight is 260 g/mol. The zero-order valence-electron chi connectivity index (χ0n) is 9.58. The van der Waals surface area contributed by atoms with Crippen LogP contribution < -0.4 is 5.32 Å². The minimum Gasteiger partial charge on any atom is -0.370 e. The second-order valence-electron chi connectivity index (χ2n) is 3.56. The first kappa shape index (κ1) is 13.6. The molecule has 0 saturated heterocycles. The molecule has 0 amide bonds. The van der Waals surface area contributed by atoms with Crippen molar-refractivity contribution >= 4 is 29.2 Å². The van der Waals surface area contributed by atoms with E-state index in [1.807, 2.05) is 11.8 Å². The lowest BCUT2D eigenvalue weighted by Gasteiger charge is -2.04. The Kier molecular flexibility index (Phi) is 7.34. The fourth-order valence-corrected chi connectivity index (χ4v) is 2.01. The molecule has 0 aromatic carbocycles. The number of hydrogen-bond donors (Lipinski definition) is 1. The molecule has 0 aliphatic rings. The molecule has 0 spiro atoms. The molecule has 1 heterocycles. The summed E-state index contributed by atoms with van der Waals surface area (Å²) in [4.78, 5) is 7.91. The zero-order chi connectivity index (χ0) is 11.6. The summed E-state index contributed by atoms with van der Waals surface area (Å²) in [6.07, 6.45) is 8.71. The fourth-order valence-electron chi connectivity index (χ4n) is 1.37. The molecule has 1 rings (SSSR count). The monoisotopic (exact) mass is 259 g/mol. The van der Waals surface area contributed by atoms with Gasteiger partial charge in [0.05, 0.1) is 0 Å². The van der Waals surface area contributed by atoms with Crippen molar-refractivity contribution in [2.45, 2.75) is 25.7 Å². The number of rotatable bonds is 8. The molecular formula is C11H18ClN3S. The first-order chi connectivity index (χ1) is 7.83. The van der Waals surface area contributed by atoms with Gasteiger partial charge in [-0.2, -0.15) is 11.8 Å². The fraction of sp³-hybridized carbons (Fsp3) is 0.636. The van der Waals surface area contributed by atoms with Gasteiger partial charge in [-0.05, 0) is 24.9 Å². The Hall–Kier alpha value is -0.480. The van der Waals surface area contributed by atoms with Gasteiger partial charge >= 0.3 is 0 Å². The van der Waals surface area contributed by atoms with Crippen LogP contribution in [0.2, 0.25) is 5.15 Å². The van der Waals surface area contributed by atoms with Crippen molar-refractivity contribution < 1.29 is 0 Å². The molecule has 1 aromatic rings. The Morgan fingerprint density at radius 3 is 2.81 bits per heavy atom. The molecule has 0 saturated carbocycles. The highest BCUT2D eigenvalue weighted by Gasteiger charge is 1.95. The maximum absolute atomic E-state index is 5.75. The minimum atomic E-state index is 0.484. The normalized spacial score (nSPS) is 10.4. The van der Waals surface area contributed by atoms with Crippen molar-refractivity contribution in [2.75, 3.05) is 23.9 Å². The van der Waals surface area contributed by atoms with Crippen LogP contribution in [0.3, 0.4) is 0 Å². The van der Waals surface area contributed by atoms with Crippen LogP contribution in [0, 0.1) is 0 Å². The van der Waals surface area contributed by atoms with Crippen molar-refractivity contribution in [3.63, 3.8) is 0 Å². The second-order valence-corrected chi connectivity index (χ2v) is 4.93. The molecule has 0 unspecified atom stereocenters. The van der Waals surface area contributed by atoms with Gasteiger partial charge in [-0.15, -0.1) is 0 Å². The van der Waals surface area contributed by atoms with Crippen LogP contribution >= 0.6 is 23.4 Å². The van der Waals surface area contributed by atoms with Gasteiger partial charge in [0.25, 0.3) is 0 Å². The maximum Gasteiger partial charge on any atom is 0.134 e. The summed E-state index contributed by atoms with van der Waals surface area (Å²) < 4.78 is 0. The van der Waals surface area contributed by atoms with E-state index in [0.717, 1.165) is 12.4 Å². The van der Waals surface area contributed by atoms with Gasteiger partial charge in [0.15, 0.2) is 0 Å². The van der Waals surface area contributed by atoms with E-state index < -0.39 is 0 Å². The topological polar surface area (TPSA) is 37.8 Å². The molecule has 0 atom stereocenters. The van der Waals surface area contributed by atoms with Crippen LogP contribution in [0.5, 0.6) is 0 Å². The Morgan fingerprint density at radius 1 is 1.25 bits per heavy atom. The SMILES string of the molecule is CSCCCCCCNc1cc(Cl)ncn1. The number of halogens is 1. The molecule has 0 aliphatic heterocycles.